The van der Waals surface area contributed by atoms with Crippen LogP contribution >= 0.6 is 11.6 Å². The Hall–Kier alpha value is -1.36. The summed E-state index contributed by atoms with van der Waals surface area (Å²) in [6, 6.07) is 14.2. The minimum atomic E-state index is -1.14. The number of halogens is 1. The van der Waals surface area contributed by atoms with E-state index in [0.29, 0.717) is 10.8 Å². The smallest absolute Gasteiger partial charge is 0.118 e. The zero-order valence-electron chi connectivity index (χ0n) is 11.1. The van der Waals surface area contributed by atoms with E-state index in [1.807, 2.05) is 24.3 Å². The molecule has 2 aromatic rings. The molecule has 0 aliphatic rings. The highest BCUT2D eigenvalue weighted by molar-refractivity contribution is 7.85. The average molecular weight is 310 g/mol. The standard InChI is InChI=1S/C15H16ClNO2S/c1-19-13-6-2-11(3-7-13)15(17)10-20(18)14-8-4-12(16)5-9-14/h2-9,15H,10,17H2,1H3. The Morgan fingerprint density at radius 1 is 1.15 bits per heavy atom. The highest BCUT2D eigenvalue weighted by Gasteiger charge is 2.12. The lowest BCUT2D eigenvalue weighted by Gasteiger charge is -2.12. The van der Waals surface area contributed by atoms with E-state index in [0.717, 1.165) is 16.2 Å². The van der Waals surface area contributed by atoms with Crippen molar-refractivity contribution in [2.45, 2.75) is 10.9 Å². The van der Waals surface area contributed by atoms with Crippen LogP contribution in [0.15, 0.2) is 53.4 Å². The lowest BCUT2D eigenvalue weighted by atomic mass is 10.1. The third-order valence-electron chi connectivity index (χ3n) is 2.95. The Bertz CT molecular complexity index is 584. The highest BCUT2D eigenvalue weighted by atomic mass is 35.5. The molecule has 0 saturated carbocycles. The molecule has 106 valence electrons. The number of hydrogen-bond acceptors (Lipinski definition) is 3. The van der Waals surface area contributed by atoms with Crippen molar-refractivity contribution in [3.63, 3.8) is 0 Å². The van der Waals surface area contributed by atoms with Crippen molar-refractivity contribution >= 4 is 22.4 Å². The van der Waals surface area contributed by atoms with E-state index in [-0.39, 0.29) is 6.04 Å². The van der Waals surface area contributed by atoms with E-state index in [4.69, 9.17) is 22.1 Å². The van der Waals surface area contributed by atoms with Gasteiger partial charge in [-0.05, 0) is 42.0 Å². The van der Waals surface area contributed by atoms with Gasteiger partial charge in [0, 0.05) is 21.7 Å². The minimum absolute atomic E-state index is 0.280. The van der Waals surface area contributed by atoms with Gasteiger partial charge in [-0.2, -0.15) is 0 Å². The summed E-state index contributed by atoms with van der Waals surface area (Å²) in [5.41, 5.74) is 7.03. The molecule has 0 fully saturated rings. The van der Waals surface area contributed by atoms with Crippen molar-refractivity contribution in [2.24, 2.45) is 5.73 Å². The number of ether oxygens (including phenoxy) is 1. The fourth-order valence-corrected chi connectivity index (χ4v) is 3.07. The Morgan fingerprint density at radius 2 is 1.75 bits per heavy atom. The second-order valence-corrected chi connectivity index (χ2v) is 6.28. The molecule has 2 rings (SSSR count). The zero-order valence-corrected chi connectivity index (χ0v) is 12.7. The van der Waals surface area contributed by atoms with Crippen LogP contribution in [0.1, 0.15) is 11.6 Å². The largest absolute Gasteiger partial charge is 0.497 e. The summed E-state index contributed by atoms with van der Waals surface area (Å²) >= 11 is 5.81. The number of rotatable bonds is 5. The van der Waals surface area contributed by atoms with Gasteiger partial charge in [-0.3, -0.25) is 4.21 Å². The van der Waals surface area contributed by atoms with Crippen molar-refractivity contribution in [2.75, 3.05) is 12.9 Å². The van der Waals surface area contributed by atoms with Gasteiger partial charge in [0.2, 0.25) is 0 Å². The molecule has 0 saturated heterocycles. The predicted octanol–water partition coefficient (Wildman–Crippen LogP) is 3.16. The first-order valence-electron chi connectivity index (χ1n) is 6.13. The number of nitrogens with two attached hydrogens (primary N) is 1. The fourth-order valence-electron chi connectivity index (χ4n) is 1.79. The van der Waals surface area contributed by atoms with E-state index >= 15 is 0 Å². The molecule has 0 radical (unpaired) electrons. The van der Waals surface area contributed by atoms with Crippen molar-refractivity contribution in [3.8, 4) is 5.75 Å². The van der Waals surface area contributed by atoms with Crippen molar-refractivity contribution in [1.82, 2.24) is 0 Å². The molecule has 2 N–H and O–H groups in total. The molecule has 0 spiro atoms. The summed E-state index contributed by atoms with van der Waals surface area (Å²) in [7, 11) is 0.471. The highest BCUT2D eigenvalue weighted by Crippen LogP contribution is 2.19. The third kappa shape index (κ3) is 3.82. The molecular formula is C15H16ClNO2S. The van der Waals surface area contributed by atoms with Gasteiger partial charge in [0.1, 0.15) is 5.75 Å². The van der Waals surface area contributed by atoms with Crippen LogP contribution in [0.4, 0.5) is 0 Å². The van der Waals surface area contributed by atoms with Crippen LogP contribution in [0.25, 0.3) is 0 Å². The summed E-state index contributed by atoms with van der Waals surface area (Å²) < 4.78 is 17.3. The molecule has 2 atom stereocenters. The molecular weight excluding hydrogens is 294 g/mol. The number of hydrogen-bond donors (Lipinski definition) is 1. The maximum absolute atomic E-state index is 12.2. The quantitative estimate of drug-likeness (QED) is 0.923. The molecule has 20 heavy (non-hydrogen) atoms. The van der Waals surface area contributed by atoms with Gasteiger partial charge in [0.15, 0.2) is 0 Å². The molecule has 0 aromatic heterocycles. The molecule has 2 unspecified atom stereocenters. The lowest BCUT2D eigenvalue weighted by molar-refractivity contribution is 0.414. The van der Waals surface area contributed by atoms with E-state index in [2.05, 4.69) is 0 Å². The Balaban J connectivity index is 2.04. The summed E-state index contributed by atoms with van der Waals surface area (Å²) in [5, 5.41) is 0.630. The zero-order chi connectivity index (χ0) is 14.5. The SMILES string of the molecule is COc1ccc(C(N)CS(=O)c2ccc(Cl)cc2)cc1. The molecule has 0 aliphatic heterocycles. The normalized spacial score (nSPS) is 13.8. The molecule has 0 heterocycles. The molecule has 0 bridgehead atoms. The maximum Gasteiger partial charge on any atom is 0.118 e. The van der Waals surface area contributed by atoms with Gasteiger partial charge in [0.05, 0.1) is 17.9 Å². The number of benzene rings is 2. The van der Waals surface area contributed by atoms with Crippen molar-refractivity contribution < 1.29 is 8.95 Å². The first kappa shape index (κ1) is 15.0. The summed E-state index contributed by atoms with van der Waals surface area (Å²) in [4.78, 5) is 0.735. The first-order valence-corrected chi connectivity index (χ1v) is 7.83. The van der Waals surface area contributed by atoms with Gasteiger partial charge in [-0.1, -0.05) is 23.7 Å². The maximum atomic E-state index is 12.2. The van der Waals surface area contributed by atoms with Gasteiger partial charge in [0.25, 0.3) is 0 Å². The minimum Gasteiger partial charge on any atom is -0.497 e. The van der Waals surface area contributed by atoms with Crippen LogP contribution < -0.4 is 10.5 Å². The first-order chi connectivity index (χ1) is 9.60. The Kier molecular flexibility index (Phi) is 5.17. The molecule has 0 aliphatic carbocycles. The van der Waals surface area contributed by atoms with Gasteiger partial charge >= 0.3 is 0 Å². The van der Waals surface area contributed by atoms with Crippen LogP contribution in [0.3, 0.4) is 0 Å². The summed E-state index contributed by atoms with van der Waals surface area (Å²) in [6.07, 6.45) is 0. The monoisotopic (exact) mass is 309 g/mol. The second kappa shape index (κ2) is 6.88. The van der Waals surface area contributed by atoms with Crippen LogP contribution in [-0.2, 0) is 10.8 Å². The third-order valence-corrected chi connectivity index (χ3v) is 4.66. The van der Waals surface area contributed by atoms with Crippen molar-refractivity contribution in [3.05, 3.63) is 59.1 Å². The number of methoxy groups -OCH3 is 1. The van der Waals surface area contributed by atoms with E-state index in [1.165, 1.54) is 0 Å². The van der Waals surface area contributed by atoms with Crippen LogP contribution in [0.2, 0.25) is 5.02 Å². The van der Waals surface area contributed by atoms with E-state index in [9.17, 15) is 4.21 Å². The average Bonchev–Trinajstić information content (AvgIpc) is 2.48. The predicted molar refractivity (Wildman–Crippen MR) is 82.6 cm³/mol. The topological polar surface area (TPSA) is 52.3 Å². The van der Waals surface area contributed by atoms with Crippen LogP contribution in [0, 0.1) is 0 Å². The van der Waals surface area contributed by atoms with E-state index < -0.39 is 10.8 Å². The summed E-state index contributed by atoms with van der Waals surface area (Å²) in [6.45, 7) is 0. The molecule has 5 heteroatoms. The van der Waals surface area contributed by atoms with Crippen molar-refractivity contribution in [1.29, 1.82) is 0 Å². The lowest BCUT2D eigenvalue weighted by Crippen LogP contribution is -2.18. The molecule has 0 amide bonds. The van der Waals surface area contributed by atoms with Gasteiger partial charge in [-0.15, -0.1) is 0 Å². The van der Waals surface area contributed by atoms with E-state index in [1.54, 1.807) is 31.4 Å². The molecule has 2 aromatic carbocycles. The fraction of sp³-hybridized carbons (Fsp3) is 0.200. The second-order valence-electron chi connectivity index (χ2n) is 4.35. The summed E-state index contributed by atoms with van der Waals surface area (Å²) in [5.74, 6) is 1.15. The Morgan fingerprint density at radius 3 is 2.30 bits per heavy atom. The Labute approximate surface area is 126 Å². The molecule has 3 nitrogen and oxygen atoms in total. The van der Waals surface area contributed by atoms with Crippen LogP contribution in [-0.4, -0.2) is 17.1 Å². The van der Waals surface area contributed by atoms with Gasteiger partial charge < -0.3 is 10.5 Å². The van der Waals surface area contributed by atoms with Gasteiger partial charge in [-0.25, -0.2) is 0 Å². The van der Waals surface area contributed by atoms with Crippen LogP contribution in [0.5, 0.6) is 5.75 Å².